The summed E-state index contributed by atoms with van der Waals surface area (Å²) < 4.78 is 6.53. The lowest BCUT2D eigenvalue weighted by molar-refractivity contribution is 0.504. The van der Waals surface area contributed by atoms with Crippen LogP contribution >= 0.6 is 35.0 Å². The molecule has 3 aromatic rings. The maximum absolute atomic E-state index is 12.0. The third-order valence-electron chi connectivity index (χ3n) is 3.24. The van der Waals surface area contributed by atoms with Gasteiger partial charge in [-0.3, -0.25) is 0 Å². The summed E-state index contributed by atoms with van der Waals surface area (Å²) in [6.07, 6.45) is 3.46. The Morgan fingerprint density at radius 1 is 1.05 bits per heavy atom. The summed E-state index contributed by atoms with van der Waals surface area (Å²) in [6, 6.07) is 12.9. The molecule has 3 rings (SSSR count). The third-order valence-corrected chi connectivity index (χ3v) is 4.72. The Morgan fingerprint density at radius 2 is 1.77 bits per heavy atom. The number of halogens is 2. The molecule has 3 nitrogen and oxygen atoms in total. The Hall–Kier alpha value is -1.62. The van der Waals surface area contributed by atoms with Crippen molar-refractivity contribution in [1.29, 1.82) is 0 Å². The molecule has 2 aromatic carbocycles. The average molecular weight is 352 g/mol. The van der Waals surface area contributed by atoms with Crippen LogP contribution in [0.4, 0.5) is 0 Å². The van der Waals surface area contributed by atoms with Crippen molar-refractivity contribution in [2.24, 2.45) is 0 Å². The lowest BCUT2D eigenvalue weighted by Crippen LogP contribution is -2.13. The van der Waals surface area contributed by atoms with E-state index in [4.69, 9.17) is 27.6 Å². The van der Waals surface area contributed by atoms with Crippen LogP contribution in [0.25, 0.3) is 16.9 Å². The molecule has 0 aliphatic heterocycles. The van der Waals surface area contributed by atoms with Gasteiger partial charge in [0.05, 0.1) is 21.4 Å². The van der Waals surface area contributed by atoms with Crippen molar-refractivity contribution in [2.75, 3.05) is 6.26 Å². The molecule has 0 saturated carbocycles. The quantitative estimate of drug-likeness (QED) is 0.613. The summed E-state index contributed by atoms with van der Waals surface area (Å²) in [5, 5.41) is 0.823. The second-order valence-electron chi connectivity index (χ2n) is 4.55. The van der Waals surface area contributed by atoms with Crippen LogP contribution < -0.4 is 5.76 Å². The number of rotatable bonds is 3. The van der Waals surface area contributed by atoms with Crippen LogP contribution in [0.5, 0.6) is 0 Å². The van der Waals surface area contributed by atoms with Crippen molar-refractivity contribution in [3.05, 3.63) is 69.3 Å². The van der Waals surface area contributed by atoms with Crippen molar-refractivity contribution < 1.29 is 4.42 Å². The highest BCUT2D eigenvalue weighted by Gasteiger charge is 2.13. The topological polar surface area (TPSA) is 35.1 Å². The molecule has 0 bridgehead atoms. The van der Waals surface area contributed by atoms with Crippen molar-refractivity contribution in [2.45, 2.75) is 4.90 Å². The van der Waals surface area contributed by atoms with Crippen molar-refractivity contribution >= 4 is 35.0 Å². The van der Waals surface area contributed by atoms with Crippen molar-refractivity contribution in [3.63, 3.8) is 0 Å². The molecule has 0 amide bonds. The Balaban J connectivity index is 2.14. The van der Waals surface area contributed by atoms with Crippen LogP contribution in [0, 0.1) is 0 Å². The molecule has 0 aliphatic carbocycles. The second kappa shape index (κ2) is 6.24. The van der Waals surface area contributed by atoms with Gasteiger partial charge in [-0.2, -0.15) is 0 Å². The standard InChI is InChI=1S/C16H11Cl2NO2S/c1-22-12-5-2-10(3-6-12)15-9-21-16(20)19(15)11-4-7-13(17)14(18)8-11/h2-9H,1H3. The molecule has 0 N–H and O–H groups in total. The number of hydrogen-bond acceptors (Lipinski definition) is 3. The lowest BCUT2D eigenvalue weighted by atomic mass is 10.1. The predicted octanol–water partition coefficient (Wildman–Crippen LogP) is 5.13. The van der Waals surface area contributed by atoms with Gasteiger partial charge in [-0.15, -0.1) is 11.8 Å². The molecule has 6 heteroatoms. The fourth-order valence-electron chi connectivity index (χ4n) is 2.14. The minimum absolute atomic E-state index is 0.385. The predicted molar refractivity (Wildman–Crippen MR) is 91.5 cm³/mol. The summed E-state index contributed by atoms with van der Waals surface area (Å²) in [6.45, 7) is 0. The number of benzene rings is 2. The van der Waals surface area contributed by atoms with E-state index >= 15 is 0 Å². The monoisotopic (exact) mass is 351 g/mol. The fraction of sp³-hybridized carbons (Fsp3) is 0.0625. The van der Waals surface area contributed by atoms with Gasteiger partial charge in [0.1, 0.15) is 6.26 Å². The van der Waals surface area contributed by atoms with E-state index in [0.717, 1.165) is 10.5 Å². The largest absolute Gasteiger partial charge is 0.424 e. The smallest absolute Gasteiger partial charge is 0.415 e. The van der Waals surface area contributed by atoms with Gasteiger partial charge < -0.3 is 4.42 Å². The molecule has 112 valence electrons. The highest BCUT2D eigenvalue weighted by molar-refractivity contribution is 7.98. The summed E-state index contributed by atoms with van der Waals surface area (Å²) in [7, 11) is 0. The van der Waals surface area contributed by atoms with Crippen LogP contribution in [-0.4, -0.2) is 10.8 Å². The van der Waals surface area contributed by atoms with Crippen LogP contribution in [0.2, 0.25) is 10.0 Å². The number of nitrogens with zero attached hydrogens (tertiary/aromatic N) is 1. The van der Waals surface area contributed by atoms with E-state index in [2.05, 4.69) is 0 Å². The molecule has 1 heterocycles. The Bertz CT molecular complexity index is 869. The van der Waals surface area contributed by atoms with Gasteiger partial charge in [-0.1, -0.05) is 35.3 Å². The first-order valence-corrected chi connectivity index (χ1v) is 8.38. The average Bonchev–Trinajstić information content (AvgIpc) is 2.92. The number of hydrogen-bond donors (Lipinski definition) is 0. The molecule has 0 aliphatic rings. The number of aromatic nitrogens is 1. The molecule has 0 saturated heterocycles. The molecule has 1 aromatic heterocycles. The van der Waals surface area contributed by atoms with Gasteiger partial charge in [-0.05, 0) is 36.6 Å². The first-order valence-electron chi connectivity index (χ1n) is 6.40. The van der Waals surface area contributed by atoms with E-state index in [1.165, 1.54) is 10.8 Å². The Morgan fingerprint density at radius 3 is 2.41 bits per heavy atom. The minimum atomic E-state index is -0.470. The summed E-state index contributed by atoms with van der Waals surface area (Å²) in [5.41, 5.74) is 2.16. The molecule has 0 unspecified atom stereocenters. The fourth-order valence-corrected chi connectivity index (χ4v) is 2.84. The summed E-state index contributed by atoms with van der Waals surface area (Å²) in [4.78, 5) is 13.2. The summed E-state index contributed by atoms with van der Waals surface area (Å²) >= 11 is 13.6. The second-order valence-corrected chi connectivity index (χ2v) is 6.24. The normalized spacial score (nSPS) is 10.9. The zero-order valence-electron chi connectivity index (χ0n) is 11.5. The highest BCUT2D eigenvalue weighted by atomic mass is 35.5. The maximum atomic E-state index is 12.0. The van der Waals surface area contributed by atoms with E-state index in [1.807, 2.05) is 30.5 Å². The van der Waals surface area contributed by atoms with Gasteiger partial charge in [0.2, 0.25) is 0 Å². The molecule has 22 heavy (non-hydrogen) atoms. The molecule has 0 atom stereocenters. The molecule has 0 spiro atoms. The highest BCUT2D eigenvalue weighted by Crippen LogP contribution is 2.28. The maximum Gasteiger partial charge on any atom is 0.424 e. The zero-order chi connectivity index (χ0) is 15.7. The molecular weight excluding hydrogens is 341 g/mol. The summed E-state index contributed by atoms with van der Waals surface area (Å²) in [5.74, 6) is -0.470. The van der Waals surface area contributed by atoms with E-state index in [1.54, 1.807) is 30.0 Å². The number of oxazole rings is 1. The molecular formula is C16H11Cl2NO2S. The van der Waals surface area contributed by atoms with E-state index in [0.29, 0.717) is 21.4 Å². The van der Waals surface area contributed by atoms with Gasteiger partial charge in [-0.25, -0.2) is 9.36 Å². The van der Waals surface area contributed by atoms with Gasteiger partial charge in [0, 0.05) is 10.5 Å². The van der Waals surface area contributed by atoms with Crippen LogP contribution in [0.1, 0.15) is 0 Å². The zero-order valence-corrected chi connectivity index (χ0v) is 13.9. The van der Waals surface area contributed by atoms with Crippen LogP contribution in [0.15, 0.2) is 62.8 Å². The van der Waals surface area contributed by atoms with Gasteiger partial charge in [0.15, 0.2) is 0 Å². The van der Waals surface area contributed by atoms with Crippen LogP contribution in [-0.2, 0) is 0 Å². The molecule has 0 fully saturated rings. The SMILES string of the molecule is CSc1ccc(-c2coc(=O)n2-c2ccc(Cl)c(Cl)c2)cc1. The first-order chi connectivity index (χ1) is 10.6. The third kappa shape index (κ3) is 2.82. The van der Waals surface area contributed by atoms with E-state index in [-0.39, 0.29) is 0 Å². The molecule has 0 radical (unpaired) electrons. The lowest BCUT2D eigenvalue weighted by Gasteiger charge is -2.08. The first kappa shape index (κ1) is 15.3. The van der Waals surface area contributed by atoms with E-state index in [9.17, 15) is 4.79 Å². The van der Waals surface area contributed by atoms with Crippen molar-refractivity contribution in [3.8, 4) is 16.9 Å². The Labute approximate surface area is 141 Å². The van der Waals surface area contributed by atoms with E-state index < -0.39 is 5.76 Å². The van der Waals surface area contributed by atoms with Crippen LogP contribution in [0.3, 0.4) is 0 Å². The van der Waals surface area contributed by atoms with Gasteiger partial charge >= 0.3 is 5.76 Å². The Kier molecular flexibility index (Phi) is 4.34. The van der Waals surface area contributed by atoms with Gasteiger partial charge in [0.25, 0.3) is 0 Å². The number of thioether (sulfide) groups is 1. The van der Waals surface area contributed by atoms with Crippen molar-refractivity contribution in [1.82, 2.24) is 4.57 Å². The minimum Gasteiger partial charge on any atom is -0.415 e.